The summed E-state index contributed by atoms with van der Waals surface area (Å²) in [6.07, 6.45) is 1.06. The smallest absolute Gasteiger partial charge is 0.165 e. The number of hydrogen-bond acceptors (Lipinski definition) is 4. The van der Waals surface area contributed by atoms with Crippen LogP contribution in [0, 0.1) is 12.7 Å². The summed E-state index contributed by atoms with van der Waals surface area (Å²) in [6.45, 7) is 3.47. The molecule has 1 aliphatic rings. The summed E-state index contributed by atoms with van der Waals surface area (Å²) in [4.78, 5) is 0. The van der Waals surface area contributed by atoms with Gasteiger partial charge < -0.3 is 19.3 Å². The second-order valence-corrected chi connectivity index (χ2v) is 5.04. The van der Waals surface area contributed by atoms with E-state index in [9.17, 15) is 9.50 Å². The van der Waals surface area contributed by atoms with Gasteiger partial charge in [-0.1, -0.05) is 6.07 Å². The second-order valence-electron chi connectivity index (χ2n) is 5.04. The van der Waals surface area contributed by atoms with Gasteiger partial charge in [0.2, 0.25) is 0 Å². The van der Waals surface area contributed by atoms with E-state index >= 15 is 0 Å². The summed E-state index contributed by atoms with van der Waals surface area (Å²) in [5, 5.41) is 9.80. The molecule has 1 heterocycles. The number of hydrogen-bond donors (Lipinski definition) is 1. The minimum absolute atomic E-state index is 0.0175. The molecule has 1 aromatic rings. The Morgan fingerprint density at radius 1 is 1.35 bits per heavy atom. The predicted molar refractivity (Wildman–Crippen MR) is 72.4 cm³/mol. The SMILES string of the molecule is Cc1ccc(F)c(OCC(O)COC2CCOCC2)c1. The topological polar surface area (TPSA) is 47.9 Å². The van der Waals surface area contributed by atoms with Gasteiger partial charge in [-0.25, -0.2) is 4.39 Å². The molecule has 1 unspecified atom stereocenters. The molecule has 0 bridgehead atoms. The molecule has 1 aromatic carbocycles. The lowest BCUT2D eigenvalue weighted by Gasteiger charge is -2.23. The van der Waals surface area contributed by atoms with Gasteiger partial charge in [0.1, 0.15) is 12.7 Å². The van der Waals surface area contributed by atoms with Crippen molar-refractivity contribution in [1.29, 1.82) is 0 Å². The number of aliphatic hydroxyl groups excluding tert-OH is 1. The molecule has 1 fully saturated rings. The fourth-order valence-electron chi connectivity index (χ4n) is 2.05. The lowest BCUT2D eigenvalue weighted by Crippen LogP contribution is -2.30. The molecule has 5 heteroatoms. The summed E-state index contributed by atoms with van der Waals surface area (Å²) in [5.74, 6) is -0.261. The number of halogens is 1. The fraction of sp³-hybridized carbons (Fsp3) is 0.600. The summed E-state index contributed by atoms with van der Waals surface area (Å²) >= 11 is 0. The lowest BCUT2D eigenvalue weighted by atomic mass is 10.1. The van der Waals surface area contributed by atoms with E-state index in [0.717, 1.165) is 18.4 Å². The van der Waals surface area contributed by atoms with E-state index in [1.54, 1.807) is 12.1 Å². The van der Waals surface area contributed by atoms with Gasteiger partial charge in [-0.3, -0.25) is 0 Å². The molecule has 1 saturated heterocycles. The van der Waals surface area contributed by atoms with E-state index in [2.05, 4.69) is 0 Å². The van der Waals surface area contributed by atoms with Crippen LogP contribution in [0.25, 0.3) is 0 Å². The Labute approximate surface area is 118 Å². The molecule has 20 heavy (non-hydrogen) atoms. The van der Waals surface area contributed by atoms with Crippen molar-refractivity contribution in [2.75, 3.05) is 26.4 Å². The fourth-order valence-corrected chi connectivity index (χ4v) is 2.05. The van der Waals surface area contributed by atoms with Crippen LogP contribution in [0.5, 0.6) is 5.75 Å². The molecule has 0 spiro atoms. The van der Waals surface area contributed by atoms with E-state index < -0.39 is 11.9 Å². The molecular weight excluding hydrogens is 263 g/mol. The van der Waals surface area contributed by atoms with Gasteiger partial charge in [-0.2, -0.15) is 0 Å². The third-order valence-corrected chi connectivity index (χ3v) is 3.21. The Balaban J connectivity index is 1.71. The molecule has 1 N–H and O–H groups in total. The molecule has 1 atom stereocenters. The van der Waals surface area contributed by atoms with Gasteiger partial charge >= 0.3 is 0 Å². The lowest BCUT2D eigenvalue weighted by molar-refractivity contribution is -0.0661. The van der Waals surface area contributed by atoms with Gasteiger partial charge in [0.15, 0.2) is 11.6 Å². The third-order valence-electron chi connectivity index (χ3n) is 3.21. The molecule has 4 nitrogen and oxygen atoms in total. The average molecular weight is 284 g/mol. The molecular formula is C15H21FO4. The Morgan fingerprint density at radius 3 is 2.85 bits per heavy atom. The van der Waals surface area contributed by atoms with Crippen LogP contribution in [0.2, 0.25) is 0 Å². The first-order chi connectivity index (χ1) is 9.65. The molecule has 0 radical (unpaired) electrons. The first-order valence-electron chi connectivity index (χ1n) is 6.91. The second kappa shape index (κ2) is 7.57. The molecule has 0 saturated carbocycles. The molecule has 112 valence electrons. The van der Waals surface area contributed by atoms with Crippen LogP contribution in [-0.4, -0.2) is 43.7 Å². The normalized spacial score (nSPS) is 17.9. The minimum atomic E-state index is -0.766. The largest absolute Gasteiger partial charge is 0.488 e. The van der Waals surface area contributed by atoms with Crippen LogP contribution in [0.4, 0.5) is 4.39 Å². The Kier molecular flexibility index (Phi) is 5.76. The van der Waals surface area contributed by atoms with E-state index in [-0.39, 0.29) is 25.1 Å². The first kappa shape index (κ1) is 15.2. The number of rotatable bonds is 6. The van der Waals surface area contributed by atoms with Crippen LogP contribution >= 0.6 is 0 Å². The molecule has 0 aromatic heterocycles. The number of aryl methyl sites for hydroxylation is 1. The molecule has 0 aliphatic carbocycles. The van der Waals surface area contributed by atoms with Crippen molar-refractivity contribution in [3.63, 3.8) is 0 Å². The van der Waals surface area contributed by atoms with Crippen LogP contribution in [0.15, 0.2) is 18.2 Å². The van der Waals surface area contributed by atoms with Crippen LogP contribution in [0.3, 0.4) is 0 Å². The van der Waals surface area contributed by atoms with E-state index in [1.807, 2.05) is 6.92 Å². The maximum Gasteiger partial charge on any atom is 0.165 e. The van der Waals surface area contributed by atoms with Crippen LogP contribution < -0.4 is 4.74 Å². The Bertz CT molecular complexity index is 418. The first-order valence-corrected chi connectivity index (χ1v) is 6.91. The zero-order chi connectivity index (χ0) is 14.4. The van der Waals surface area contributed by atoms with Gasteiger partial charge in [-0.05, 0) is 37.5 Å². The van der Waals surface area contributed by atoms with Crippen LogP contribution in [-0.2, 0) is 9.47 Å². The van der Waals surface area contributed by atoms with Gasteiger partial charge in [0.05, 0.1) is 12.7 Å². The molecule has 1 aliphatic heterocycles. The van der Waals surface area contributed by atoms with Crippen molar-refractivity contribution in [2.24, 2.45) is 0 Å². The van der Waals surface area contributed by atoms with Crippen molar-refractivity contribution in [2.45, 2.75) is 32.0 Å². The summed E-state index contributed by atoms with van der Waals surface area (Å²) in [7, 11) is 0. The van der Waals surface area contributed by atoms with Crippen molar-refractivity contribution >= 4 is 0 Å². The standard InChI is InChI=1S/C15H21FO4/c1-11-2-3-14(16)15(8-11)20-10-12(17)9-19-13-4-6-18-7-5-13/h2-3,8,12-13,17H,4-7,9-10H2,1H3. The summed E-state index contributed by atoms with van der Waals surface area (Å²) in [6, 6.07) is 4.64. The summed E-state index contributed by atoms with van der Waals surface area (Å²) < 4.78 is 29.5. The van der Waals surface area contributed by atoms with Crippen molar-refractivity contribution in [3.05, 3.63) is 29.6 Å². The summed E-state index contributed by atoms with van der Waals surface area (Å²) in [5.41, 5.74) is 0.911. The predicted octanol–water partition coefficient (Wildman–Crippen LogP) is 2.07. The monoisotopic (exact) mass is 284 g/mol. The van der Waals surface area contributed by atoms with Gasteiger partial charge in [0.25, 0.3) is 0 Å². The molecule has 0 amide bonds. The highest BCUT2D eigenvalue weighted by Crippen LogP contribution is 2.18. The highest BCUT2D eigenvalue weighted by atomic mass is 19.1. The zero-order valence-electron chi connectivity index (χ0n) is 11.7. The van der Waals surface area contributed by atoms with E-state index in [0.29, 0.717) is 13.2 Å². The number of benzene rings is 1. The number of aliphatic hydroxyl groups is 1. The van der Waals surface area contributed by atoms with Crippen molar-refractivity contribution in [1.82, 2.24) is 0 Å². The van der Waals surface area contributed by atoms with Gasteiger partial charge in [-0.15, -0.1) is 0 Å². The highest BCUT2D eigenvalue weighted by molar-refractivity contribution is 5.29. The Hall–Kier alpha value is -1.17. The highest BCUT2D eigenvalue weighted by Gasteiger charge is 2.16. The average Bonchev–Trinajstić information content (AvgIpc) is 2.47. The van der Waals surface area contributed by atoms with Crippen molar-refractivity contribution in [3.8, 4) is 5.75 Å². The van der Waals surface area contributed by atoms with Crippen LogP contribution in [0.1, 0.15) is 18.4 Å². The van der Waals surface area contributed by atoms with Gasteiger partial charge in [0, 0.05) is 13.2 Å². The maximum atomic E-state index is 13.4. The Morgan fingerprint density at radius 2 is 2.10 bits per heavy atom. The van der Waals surface area contributed by atoms with E-state index in [4.69, 9.17) is 14.2 Å². The van der Waals surface area contributed by atoms with Crippen molar-refractivity contribution < 1.29 is 23.7 Å². The molecule has 2 rings (SSSR count). The van der Waals surface area contributed by atoms with E-state index in [1.165, 1.54) is 6.07 Å². The quantitative estimate of drug-likeness (QED) is 0.869. The third kappa shape index (κ3) is 4.74. The zero-order valence-corrected chi connectivity index (χ0v) is 11.7. The maximum absolute atomic E-state index is 13.4. The number of ether oxygens (including phenoxy) is 3. The minimum Gasteiger partial charge on any atom is -0.488 e.